The Labute approximate surface area is 138 Å². The van der Waals surface area contributed by atoms with Crippen molar-refractivity contribution in [1.82, 2.24) is 14.8 Å². The summed E-state index contributed by atoms with van der Waals surface area (Å²) in [5, 5.41) is 6.49. The first-order valence-corrected chi connectivity index (χ1v) is 9.02. The molecule has 0 atom stereocenters. The van der Waals surface area contributed by atoms with Crippen molar-refractivity contribution in [1.29, 1.82) is 0 Å². The second-order valence-corrected chi connectivity index (χ2v) is 9.02. The van der Waals surface area contributed by atoms with Crippen molar-refractivity contribution in [2.75, 3.05) is 13.1 Å². The summed E-state index contributed by atoms with van der Waals surface area (Å²) in [6.07, 6.45) is 0. The van der Waals surface area contributed by atoms with Crippen LogP contribution in [-0.4, -0.2) is 42.4 Å². The van der Waals surface area contributed by atoms with Gasteiger partial charge in [0.25, 0.3) is 0 Å². The second kappa shape index (κ2) is 7.00. The molecule has 0 saturated carbocycles. The molecule has 132 valence electrons. The number of aryl methyl sites for hydroxylation is 2. The first-order valence-electron chi connectivity index (χ1n) is 7.58. The maximum atomic E-state index is 12.9. The van der Waals surface area contributed by atoms with Crippen LogP contribution in [0.25, 0.3) is 0 Å². The molecule has 0 unspecified atom stereocenters. The number of rotatable bonds is 6. The van der Waals surface area contributed by atoms with E-state index in [4.69, 9.17) is 4.52 Å². The van der Waals surface area contributed by atoms with E-state index in [0.717, 1.165) is 0 Å². The minimum atomic E-state index is -3.85. The van der Waals surface area contributed by atoms with Crippen LogP contribution in [0.5, 0.6) is 0 Å². The normalized spacial score (nSPS) is 12.9. The Morgan fingerprint density at radius 1 is 1.30 bits per heavy atom. The molecule has 0 spiro atoms. The molecule has 0 aliphatic carbocycles. The van der Waals surface area contributed by atoms with Gasteiger partial charge in [-0.3, -0.25) is 4.79 Å². The number of nitrogens with one attached hydrogen (secondary N) is 1. The van der Waals surface area contributed by atoms with Gasteiger partial charge in [-0.15, -0.1) is 0 Å². The lowest BCUT2D eigenvalue weighted by molar-refractivity contribution is -0.122. The molecule has 0 aromatic carbocycles. The van der Waals surface area contributed by atoms with Gasteiger partial charge in [-0.1, -0.05) is 19.0 Å². The standard InChI is InChI=1S/C15H27N3O4S/c1-10(2)8-18(9-13(19)16-15(5,6)7)23(20,21)14-11(3)17-22-12(14)4/h10H,8-9H2,1-7H3,(H,16,19). The van der Waals surface area contributed by atoms with Gasteiger partial charge in [0.1, 0.15) is 10.6 Å². The van der Waals surface area contributed by atoms with E-state index in [0.29, 0.717) is 5.69 Å². The van der Waals surface area contributed by atoms with Crippen LogP contribution in [0, 0.1) is 19.8 Å². The molecule has 1 aromatic rings. The van der Waals surface area contributed by atoms with Crippen LogP contribution in [-0.2, 0) is 14.8 Å². The van der Waals surface area contributed by atoms with Gasteiger partial charge in [0.2, 0.25) is 15.9 Å². The molecule has 1 rings (SSSR count). The molecule has 1 aromatic heterocycles. The zero-order valence-corrected chi connectivity index (χ0v) is 15.7. The van der Waals surface area contributed by atoms with Crippen molar-refractivity contribution in [3.8, 4) is 0 Å². The lowest BCUT2D eigenvalue weighted by atomic mass is 10.1. The second-order valence-electron chi connectivity index (χ2n) is 7.14. The Morgan fingerprint density at radius 2 is 1.87 bits per heavy atom. The summed E-state index contributed by atoms with van der Waals surface area (Å²) in [5.74, 6) is -0.0337. The summed E-state index contributed by atoms with van der Waals surface area (Å²) in [6.45, 7) is 12.5. The average molecular weight is 345 g/mol. The summed E-state index contributed by atoms with van der Waals surface area (Å²) in [7, 11) is -3.85. The van der Waals surface area contributed by atoms with Gasteiger partial charge in [0.05, 0.1) is 6.54 Å². The predicted octanol–water partition coefficient (Wildman–Crippen LogP) is 1.85. The minimum Gasteiger partial charge on any atom is -0.360 e. The van der Waals surface area contributed by atoms with Crippen LogP contribution in [0.4, 0.5) is 0 Å². The summed E-state index contributed by atoms with van der Waals surface area (Å²) >= 11 is 0. The molecular weight excluding hydrogens is 318 g/mol. The van der Waals surface area contributed by atoms with Crippen molar-refractivity contribution >= 4 is 15.9 Å². The Kier molecular flexibility index (Phi) is 5.98. The van der Waals surface area contributed by atoms with E-state index < -0.39 is 15.6 Å². The summed E-state index contributed by atoms with van der Waals surface area (Å²) in [4.78, 5) is 12.2. The Morgan fingerprint density at radius 3 is 2.26 bits per heavy atom. The highest BCUT2D eigenvalue weighted by Gasteiger charge is 2.33. The third-order valence-electron chi connectivity index (χ3n) is 2.97. The lowest BCUT2D eigenvalue weighted by Gasteiger charge is -2.26. The van der Waals surface area contributed by atoms with Crippen molar-refractivity contribution in [2.45, 2.75) is 58.9 Å². The molecule has 0 fully saturated rings. The molecule has 23 heavy (non-hydrogen) atoms. The van der Waals surface area contributed by atoms with Gasteiger partial charge in [0, 0.05) is 12.1 Å². The van der Waals surface area contributed by atoms with Crippen LogP contribution in [0.2, 0.25) is 0 Å². The molecule has 1 N–H and O–H groups in total. The molecule has 1 heterocycles. The average Bonchev–Trinajstić information content (AvgIpc) is 2.65. The van der Waals surface area contributed by atoms with Crippen molar-refractivity contribution in [3.63, 3.8) is 0 Å². The van der Waals surface area contributed by atoms with Crippen LogP contribution in [0.3, 0.4) is 0 Å². The quantitative estimate of drug-likeness (QED) is 0.849. The lowest BCUT2D eigenvalue weighted by Crippen LogP contribution is -2.48. The highest BCUT2D eigenvalue weighted by atomic mass is 32.2. The number of aromatic nitrogens is 1. The molecule has 7 nitrogen and oxygen atoms in total. The van der Waals surface area contributed by atoms with E-state index in [-0.39, 0.29) is 35.6 Å². The highest BCUT2D eigenvalue weighted by Crippen LogP contribution is 2.24. The number of carbonyl (C=O) groups is 1. The first kappa shape index (κ1) is 19.6. The van der Waals surface area contributed by atoms with Crippen molar-refractivity contribution in [2.24, 2.45) is 5.92 Å². The zero-order valence-electron chi connectivity index (χ0n) is 14.9. The van der Waals surface area contributed by atoms with Crippen LogP contribution >= 0.6 is 0 Å². The Hall–Kier alpha value is -1.41. The van der Waals surface area contributed by atoms with E-state index in [2.05, 4.69) is 10.5 Å². The predicted molar refractivity (Wildman–Crippen MR) is 87.5 cm³/mol. The van der Waals surface area contributed by atoms with Crippen LogP contribution < -0.4 is 5.32 Å². The third kappa shape index (κ3) is 5.31. The zero-order chi connectivity index (χ0) is 18.0. The molecule has 0 radical (unpaired) electrons. The molecule has 0 aliphatic heterocycles. The van der Waals surface area contributed by atoms with Gasteiger partial charge in [-0.2, -0.15) is 4.31 Å². The molecule has 0 bridgehead atoms. The SMILES string of the molecule is Cc1noc(C)c1S(=O)(=O)N(CC(=O)NC(C)(C)C)CC(C)C. The van der Waals surface area contributed by atoms with Gasteiger partial charge in [0.15, 0.2) is 5.76 Å². The Balaban J connectivity index is 3.14. The number of hydrogen-bond acceptors (Lipinski definition) is 5. The smallest absolute Gasteiger partial charge is 0.248 e. The van der Waals surface area contributed by atoms with Gasteiger partial charge in [-0.05, 0) is 40.5 Å². The van der Waals surface area contributed by atoms with Crippen LogP contribution in [0.1, 0.15) is 46.1 Å². The Bertz CT molecular complexity index is 637. The fraction of sp³-hybridized carbons (Fsp3) is 0.733. The number of sulfonamides is 1. The van der Waals surface area contributed by atoms with Gasteiger partial charge >= 0.3 is 0 Å². The monoisotopic (exact) mass is 345 g/mol. The fourth-order valence-electron chi connectivity index (χ4n) is 2.24. The number of carbonyl (C=O) groups excluding carboxylic acids is 1. The van der Waals surface area contributed by atoms with Crippen molar-refractivity contribution < 1.29 is 17.7 Å². The largest absolute Gasteiger partial charge is 0.360 e. The molecule has 0 aliphatic rings. The van der Waals surface area contributed by atoms with Crippen molar-refractivity contribution in [3.05, 3.63) is 11.5 Å². The number of amides is 1. The van der Waals surface area contributed by atoms with E-state index >= 15 is 0 Å². The van der Waals surface area contributed by atoms with Gasteiger partial charge < -0.3 is 9.84 Å². The maximum absolute atomic E-state index is 12.9. The number of nitrogens with zero attached hydrogens (tertiary/aromatic N) is 2. The summed E-state index contributed by atoms with van der Waals surface area (Å²) in [5.41, 5.74) is -0.125. The molecule has 8 heteroatoms. The highest BCUT2D eigenvalue weighted by molar-refractivity contribution is 7.89. The van der Waals surface area contributed by atoms with E-state index in [9.17, 15) is 13.2 Å². The van der Waals surface area contributed by atoms with E-state index in [1.165, 1.54) is 4.31 Å². The topological polar surface area (TPSA) is 92.5 Å². The fourth-order valence-corrected chi connectivity index (χ4v) is 4.10. The molecular formula is C15H27N3O4S. The van der Waals surface area contributed by atoms with Crippen LogP contribution in [0.15, 0.2) is 9.42 Å². The van der Waals surface area contributed by atoms with Gasteiger partial charge in [-0.25, -0.2) is 8.42 Å². The number of hydrogen-bond donors (Lipinski definition) is 1. The first-order chi connectivity index (χ1) is 10.3. The minimum absolute atomic E-state index is 0.0432. The molecule has 1 amide bonds. The van der Waals surface area contributed by atoms with E-state index in [1.54, 1.807) is 13.8 Å². The molecule has 0 saturated heterocycles. The summed E-state index contributed by atoms with van der Waals surface area (Å²) < 4.78 is 32.0. The third-order valence-corrected chi connectivity index (χ3v) is 5.03. The van der Waals surface area contributed by atoms with E-state index in [1.807, 2.05) is 34.6 Å². The summed E-state index contributed by atoms with van der Waals surface area (Å²) in [6, 6.07) is 0. The maximum Gasteiger partial charge on any atom is 0.248 e.